The Labute approximate surface area is 121 Å². The van der Waals surface area contributed by atoms with Gasteiger partial charge in [-0.15, -0.1) is 0 Å². The summed E-state index contributed by atoms with van der Waals surface area (Å²) in [5.74, 6) is -10.7. The number of aromatic hydroxyl groups is 1. The van der Waals surface area contributed by atoms with E-state index in [9.17, 15) is 26.3 Å². The van der Waals surface area contributed by atoms with Crippen LogP contribution in [0.1, 0.15) is 6.92 Å². The average molecular weight is 324 g/mol. The molecule has 0 heterocycles. The van der Waals surface area contributed by atoms with Crippen molar-refractivity contribution in [3.63, 3.8) is 0 Å². The van der Waals surface area contributed by atoms with E-state index < -0.39 is 34.8 Å². The molecule has 0 aliphatic heterocycles. The van der Waals surface area contributed by atoms with Crippen LogP contribution >= 0.6 is 0 Å². The second kappa shape index (κ2) is 4.96. The van der Waals surface area contributed by atoms with E-state index in [0.29, 0.717) is 6.08 Å². The van der Waals surface area contributed by atoms with Crippen LogP contribution in [0.15, 0.2) is 47.6 Å². The number of ether oxygens (including phenoxy) is 1. The zero-order chi connectivity index (χ0) is 16.8. The quantitative estimate of drug-likeness (QED) is 0.828. The summed E-state index contributed by atoms with van der Waals surface area (Å²) in [7, 11) is 0. The number of halogens is 6. The van der Waals surface area contributed by atoms with Crippen molar-refractivity contribution in [3.8, 4) is 11.5 Å². The van der Waals surface area contributed by atoms with Gasteiger partial charge in [0.25, 0.3) is 0 Å². The lowest BCUT2D eigenvalue weighted by molar-refractivity contribution is -0.219. The van der Waals surface area contributed by atoms with E-state index in [1.807, 2.05) is 0 Å². The molecular weight excluding hydrogens is 314 g/mol. The minimum Gasteiger partial charge on any atom is -0.508 e. The first-order valence-electron chi connectivity index (χ1n) is 6.00. The molecule has 0 radical (unpaired) electrons. The summed E-state index contributed by atoms with van der Waals surface area (Å²) in [6.45, 7) is 0.722. The van der Waals surface area contributed by atoms with Crippen molar-refractivity contribution in [1.29, 1.82) is 0 Å². The van der Waals surface area contributed by atoms with Gasteiger partial charge in [-0.05, 0) is 37.3 Å². The van der Waals surface area contributed by atoms with Crippen molar-refractivity contribution >= 4 is 0 Å². The van der Waals surface area contributed by atoms with E-state index in [2.05, 4.69) is 4.74 Å². The molecule has 0 spiro atoms. The highest BCUT2D eigenvalue weighted by molar-refractivity contribution is 5.40. The number of phenolic OH excluding ortho intramolecular Hbond substituents is 1. The third-order valence-corrected chi connectivity index (χ3v) is 3.12. The number of phenols is 1. The van der Waals surface area contributed by atoms with Gasteiger partial charge in [0.1, 0.15) is 17.1 Å². The first-order valence-corrected chi connectivity index (χ1v) is 6.00. The molecule has 1 aliphatic rings. The number of rotatable bonds is 3. The van der Waals surface area contributed by atoms with Crippen molar-refractivity contribution in [2.75, 3.05) is 0 Å². The zero-order valence-corrected chi connectivity index (χ0v) is 11.1. The van der Waals surface area contributed by atoms with Crippen LogP contribution in [0.25, 0.3) is 0 Å². The summed E-state index contributed by atoms with van der Waals surface area (Å²) in [6, 6.07) is 3.75. The van der Waals surface area contributed by atoms with Gasteiger partial charge in [-0.3, -0.25) is 0 Å². The Morgan fingerprint density at radius 2 is 1.50 bits per heavy atom. The zero-order valence-electron chi connectivity index (χ0n) is 11.1. The van der Waals surface area contributed by atoms with Gasteiger partial charge in [0, 0.05) is 5.57 Å². The third-order valence-electron chi connectivity index (χ3n) is 3.12. The van der Waals surface area contributed by atoms with Crippen LogP contribution in [-0.2, 0) is 0 Å². The highest BCUT2D eigenvalue weighted by Gasteiger charge is 2.67. The van der Waals surface area contributed by atoms with Crippen LogP contribution < -0.4 is 4.74 Å². The van der Waals surface area contributed by atoms with Crippen LogP contribution in [0.2, 0.25) is 0 Å². The van der Waals surface area contributed by atoms with E-state index in [-0.39, 0.29) is 11.8 Å². The number of benzene rings is 1. The van der Waals surface area contributed by atoms with Crippen molar-refractivity contribution in [2.45, 2.75) is 24.9 Å². The van der Waals surface area contributed by atoms with Crippen molar-refractivity contribution in [2.24, 2.45) is 0 Å². The van der Waals surface area contributed by atoms with Gasteiger partial charge in [0.05, 0.1) is 0 Å². The fourth-order valence-electron chi connectivity index (χ4n) is 1.83. The third kappa shape index (κ3) is 2.53. The summed E-state index contributed by atoms with van der Waals surface area (Å²) >= 11 is 0. The van der Waals surface area contributed by atoms with E-state index >= 15 is 0 Å². The van der Waals surface area contributed by atoms with Crippen LogP contribution in [0.4, 0.5) is 26.3 Å². The minimum absolute atomic E-state index is 0.229. The van der Waals surface area contributed by atoms with Gasteiger partial charge in [-0.25, -0.2) is 0 Å². The molecule has 0 saturated carbocycles. The fourth-order valence-corrected chi connectivity index (χ4v) is 1.83. The van der Waals surface area contributed by atoms with E-state index in [4.69, 9.17) is 5.11 Å². The highest BCUT2D eigenvalue weighted by atomic mass is 19.3. The summed E-state index contributed by atoms with van der Waals surface area (Å²) in [6.07, 6.45) is -3.92. The molecule has 1 aromatic rings. The van der Waals surface area contributed by atoms with Gasteiger partial charge in [0.15, 0.2) is 0 Å². The number of allylic oxidation sites excluding steroid dienone is 3. The van der Waals surface area contributed by atoms with Crippen molar-refractivity contribution < 1.29 is 36.2 Å². The SMILES string of the molecule is CC1=CC=C(C(F)(F)Oc2ccc(O)cc2)C(F)(F)C1(F)F. The predicted molar refractivity (Wildman–Crippen MR) is 65.4 cm³/mol. The molecule has 2 nitrogen and oxygen atoms in total. The molecule has 22 heavy (non-hydrogen) atoms. The topological polar surface area (TPSA) is 29.5 Å². The molecule has 1 aromatic carbocycles. The largest absolute Gasteiger partial charge is 0.508 e. The Balaban J connectivity index is 2.38. The molecule has 2 rings (SSSR count). The van der Waals surface area contributed by atoms with Crippen LogP contribution in [0.3, 0.4) is 0 Å². The molecule has 0 fully saturated rings. The maximum atomic E-state index is 13.9. The van der Waals surface area contributed by atoms with Gasteiger partial charge < -0.3 is 9.84 Å². The maximum Gasteiger partial charge on any atom is 0.428 e. The van der Waals surface area contributed by atoms with Gasteiger partial charge in [-0.2, -0.15) is 26.3 Å². The lowest BCUT2D eigenvalue weighted by Gasteiger charge is -2.34. The first kappa shape index (κ1) is 16.3. The number of hydrogen-bond acceptors (Lipinski definition) is 2. The molecule has 0 atom stereocenters. The summed E-state index contributed by atoms with van der Waals surface area (Å²) in [4.78, 5) is 0. The maximum absolute atomic E-state index is 13.9. The molecule has 1 aliphatic carbocycles. The molecule has 8 heteroatoms. The number of hydrogen-bond donors (Lipinski definition) is 1. The van der Waals surface area contributed by atoms with Crippen LogP contribution in [0, 0.1) is 0 Å². The van der Waals surface area contributed by atoms with E-state index in [0.717, 1.165) is 31.2 Å². The lowest BCUT2D eigenvalue weighted by atomic mass is 9.90. The highest BCUT2D eigenvalue weighted by Crippen LogP contribution is 2.51. The molecule has 120 valence electrons. The molecule has 0 amide bonds. The average Bonchev–Trinajstić information content (AvgIpc) is 2.39. The second-order valence-electron chi connectivity index (χ2n) is 4.69. The Morgan fingerprint density at radius 3 is 2.05 bits per heavy atom. The normalized spacial score (nSPS) is 20.1. The molecule has 0 bridgehead atoms. The summed E-state index contributed by atoms with van der Waals surface area (Å²) in [5.41, 5.74) is -3.16. The van der Waals surface area contributed by atoms with E-state index in [1.165, 1.54) is 0 Å². The van der Waals surface area contributed by atoms with Crippen LogP contribution in [0.5, 0.6) is 11.5 Å². The molecule has 0 unspecified atom stereocenters. The van der Waals surface area contributed by atoms with Crippen LogP contribution in [-0.4, -0.2) is 23.1 Å². The Morgan fingerprint density at radius 1 is 0.955 bits per heavy atom. The monoisotopic (exact) mass is 324 g/mol. The molecule has 1 N–H and O–H groups in total. The molecule has 0 aromatic heterocycles. The predicted octanol–water partition coefficient (Wildman–Crippen LogP) is 4.52. The first-order chi connectivity index (χ1) is 9.98. The van der Waals surface area contributed by atoms with Gasteiger partial charge in [-0.1, -0.05) is 6.08 Å². The van der Waals surface area contributed by atoms with Crippen molar-refractivity contribution in [1.82, 2.24) is 0 Å². The Kier molecular flexibility index (Phi) is 3.67. The fraction of sp³-hybridized carbons (Fsp3) is 0.286. The lowest BCUT2D eigenvalue weighted by Crippen LogP contribution is -2.50. The number of alkyl halides is 6. The second-order valence-corrected chi connectivity index (χ2v) is 4.69. The minimum atomic E-state index is -5.09. The molecular formula is C14H10F6O2. The Hall–Kier alpha value is -2.12. The van der Waals surface area contributed by atoms with Gasteiger partial charge in [0.2, 0.25) is 0 Å². The summed E-state index contributed by atoms with van der Waals surface area (Å²) < 4.78 is 86.2. The molecule has 0 saturated heterocycles. The van der Waals surface area contributed by atoms with Crippen molar-refractivity contribution in [3.05, 3.63) is 47.6 Å². The smallest absolute Gasteiger partial charge is 0.428 e. The standard InChI is InChI=1S/C14H10F6O2/c1-8-2-7-11(13(17,18)12(8,15)16)14(19,20)22-10-5-3-9(21)4-6-10/h2-7,21H,1H3. The summed E-state index contributed by atoms with van der Waals surface area (Å²) in [5, 5.41) is 9.00. The Bertz CT molecular complexity index is 631. The van der Waals surface area contributed by atoms with E-state index in [1.54, 1.807) is 0 Å². The van der Waals surface area contributed by atoms with Gasteiger partial charge >= 0.3 is 18.0 Å².